The Labute approximate surface area is 112 Å². The summed E-state index contributed by atoms with van der Waals surface area (Å²) in [4.78, 5) is 12.0. The molecular weight excluding hydrogens is 246 g/mol. The van der Waals surface area contributed by atoms with Gasteiger partial charge in [0.25, 0.3) is 0 Å². The smallest absolute Gasteiger partial charge is 0.224 e. The molecule has 19 heavy (non-hydrogen) atoms. The normalized spacial score (nSPS) is 22.8. The number of aliphatic hydroxyl groups is 1. The van der Waals surface area contributed by atoms with Crippen molar-refractivity contribution in [3.05, 3.63) is 29.8 Å². The van der Waals surface area contributed by atoms with Crippen LogP contribution in [-0.2, 0) is 16.0 Å². The number of nitrogens with one attached hydrogen (secondary N) is 1. The van der Waals surface area contributed by atoms with Gasteiger partial charge in [0.1, 0.15) is 5.75 Å². The molecule has 0 aromatic heterocycles. The Bertz CT molecular complexity index is 435. The lowest BCUT2D eigenvalue weighted by molar-refractivity contribution is -0.124. The first-order valence-electron chi connectivity index (χ1n) is 6.38. The molecule has 0 radical (unpaired) electrons. The first kappa shape index (κ1) is 13.8. The highest BCUT2D eigenvalue weighted by molar-refractivity contribution is 5.79. The maximum Gasteiger partial charge on any atom is 0.224 e. The molecular formula is C14H19NO4. The Morgan fingerprint density at radius 2 is 2.32 bits per heavy atom. The maximum absolute atomic E-state index is 12.0. The lowest BCUT2D eigenvalue weighted by Crippen LogP contribution is -2.49. The summed E-state index contributed by atoms with van der Waals surface area (Å²) in [5.74, 6) is 0.553. The van der Waals surface area contributed by atoms with Crippen LogP contribution in [0.1, 0.15) is 12.0 Å². The van der Waals surface area contributed by atoms with E-state index in [2.05, 4.69) is 5.32 Å². The third kappa shape index (κ3) is 3.68. The van der Waals surface area contributed by atoms with E-state index in [-0.39, 0.29) is 18.4 Å². The van der Waals surface area contributed by atoms with E-state index in [9.17, 15) is 9.90 Å². The molecule has 2 atom stereocenters. The lowest BCUT2D eigenvalue weighted by Gasteiger charge is -2.28. The van der Waals surface area contributed by atoms with Gasteiger partial charge in [-0.1, -0.05) is 18.2 Å². The van der Waals surface area contributed by atoms with E-state index in [1.54, 1.807) is 7.11 Å². The highest BCUT2D eigenvalue weighted by Crippen LogP contribution is 2.18. The standard InChI is InChI=1S/C14H19NO4/c1-18-13-5-3-2-4-10(13)8-14(17)15-11-9-19-7-6-12(11)16/h2-5,11-12,16H,6-9H2,1H3,(H,15,17)/t11-,12-/m0/s1. The number of benzene rings is 1. The van der Waals surface area contributed by atoms with Crippen molar-refractivity contribution in [3.63, 3.8) is 0 Å². The topological polar surface area (TPSA) is 67.8 Å². The fourth-order valence-corrected chi connectivity index (χ4v) is 2.14. The summed E-state index contributed by atoms with van der Waals surface area (Å²) in [6, 6.07) is 7.08. The van der Waals surface area contributed by atoms with Crippen molar-refractivity contribution in [2.24, 2.45) is 0 Å². The van der Waals surface area contributed by atoms with Gasteiger partial charge in [0.05, 0.1) is 32.3 Å². The fraction of sp³-hybridized carbons (Fsp3) is 0.500. The molecule has 5 nitrogen and oxygen atoms in total. The van der Waals surface area contributed by atoms with Crippen LogP contribution in [0.15, 0.2) is 24.3 Å². The van der Waals surface area contributed by atoms with Gasteiger partial charge in [0.2, 0.25) is 5.91 Å². The molecule has 2 N–H and O–H groups in total. The second-order valence-electron chi connectivity index (χ2n) is 4.59. The van der Waals surface area contributed by atoms with Gasteiger partial charge in [-0.15, -0.1) is 0 Å². The van der Waals surface area contributed by atoms with Gasteiger partial charge in [-0.25, -0.2) is 0 Å². The van der Waals surface area contributed by atoms with Crippen molar-refractivity contribution >= 4 is 5.91 Å². The Hall–Kier alpha value is -1.59. The summed E-state index contributed by atoms with van der Waals surface area (Å²) in [6.07, 6.45) is 0.252. The molecule has 0 saturated carbocycles. The number of carbonyl (C=O) groups excluding carboxylic acids is 1. The van der Waals surface area contributed by atoms with Crippen LogP contribution in [0.25, 0.3) is 0 Å². The summed E-state index contributed by atoms with van der Waals surface area (Å²) in [5.41, 5.74) is 0.828. The molecule has 0 aliphatic carbocycles. The van der Waals surface area contributed by atoms with E-state index in [0.29, 0.717) is 25.4 Å². The number of ether oxygens (including phenoxy) is 2. The number of amides is 1. The Kier molecular flexibility index (Phi) is 4.76. The largest absolute Gasteiger partial charge is 0.496 e. The van der Waals surface area contributed by atoms with Gasteiger partial charge in [0, 0.05) is 12.2 Å². The highest BCUT2D eigenvalue weighted by atomic mass is 16.5. The van der Waals surface area contributed by atoms with E-state index in [4.69, 9.17) is 9.47 Å². The van der Waals surface area contributed by atoms with Crippen molar-refractivity contribution in [3.8, 4) is 5.75 Å². The van der Waals surface area contributed by atoms with Crippen LogP contribution in [0.5, 0.6) is 5.75 Å². The third-order valence-corrected chi connectivity index (χ3v) is 3.21. The number of rotatable bonds is 4. The first-order valence-corrected chi connectivity index (χ1v) is 6.38. The van der Waals surface area contributed by atoms with Crippen molar-refractivity contribution in [1.29, 1.82) is 0 Å². The summed E-state index contributed by atoms with van der Waals surface area (Å²) >= 11 is 0. The van der Waals surface area contributed by atoms with Crippen LogP contribution in [0.2, 0.25) is 0 Å². The molecule has 1 aliphatic rings. The average Bonchev–Trinajstić information content (AvgIpc) is 2.42. The number of carbonyl (C=O) groups is 1. The molecule has 5 heteroatoms. The summed E-state index contributed by atoms with van der Waals surface area (Å²) in [5, 5.41) is 12.6. The minimum Gasteiger partial charge on any atom is -0.496 e. The molecule has 0 bridgehead atoms. The van der Waals surface area contributed by atoms with Crippen molar-refractivity contribution in [2.75, 3.05) is 20.3 Å². The number of hydrogen-bond donors (Lipinski definition) is 2. The molecule has 1 heterocycles. The summed E-state index contributed by atoms with van der Waals surface area (Å²) in [6.45, 7) is 0.902. The highest BCUT2D eigenvalue weighted by Gasteiger charge is 2.25. The van der Waals surface area contributed by atoms with E-state index in [1.807, 2.05) is 24.3 Å². The third-order valence-electron chi connectivity index (χ3n) is 3.21. The second kappa shape index (κ2) is 6.54. The van der Waals surface area contributed by atoms with Crippen LogP contribution in [0.3, 0.4) is 0 Å². The Balaban J connectivity index is 1.93. The second-order valence-corrected chi connectivity index (χ2v) is 4.59. The first-order chi connectivity index (χ1) is 9.20. The molecule has 1 saturated heterocycles. The zero-order valence-electron chi connectivity index (χ0n) is 11.0. The van der Waals surface area contributed by atoms with E-state index in [0.717, 1.165) is 5.56 Å². The van der Waals surface area contributed by atoms with Crippen molar-refractivity contribution in [1.82, 2.24) is 5.32 Å². The molecule has 0 unspecified atom stereocenters. The van der Waals surface area contributed by atoms with Gasteiger partial charge >= 0.3 is 0 Å². The van der Waals surface area contributed by atoms with Crippen molar-refractivity contribution < 1.29 is 19.4 Å². The molecule has 0 spiro atoms. The molecule has 2 rings (SSSR count). The van der Waals surface area contributed by atoms with Crippen LogP contribution in [0, 0.1) is 0 Å². The van der Waals surface area contributed by atoms with E-state index >= 15 is 0 Å². The molecule has 1 aliphatic heterocycles. The zero-order valence-corrected chi connectivity index (χ0v) is 11.0. The number of para-hydroxylation sites is 1. The molecule has 1 aromatic carbocycles. The Morgan fingerprint density at radius 1 is 1.53 bits per heavy atom. The number of aliphatic hydroxyl groups excluding tert-OH is 1. The zero-order chi connectivity index (χ0) is 13.7. The molecule has 1 fully saturated rings. The van der Waals surface area contributed by atoms with Crippen LogP contribution < -0.4 is 10.1 Å². The SMILES string of the molecule is COc1ccccc1CC(=O)N[C@H]1COCC[C@@H]1O. The maximum atomic E-state index is 12.0. The van der Waals surface area contributed by atoms with E-state index < -0.39 is 6.10 Å². The van der Waals surface area contributed by atoms with Gasteiger partial charge in [-0.2, -0.15) is 0 Å². The number of hydrogen-bond acceptors (Lipinski definition) is 4. The average molecular weight is 265 g/mol. The van der Waals surface area contributed by atoms with E-state index in [1.165, 1.54) is 0 Å². The predicted molar refractivity (Wildman–Crippen MR) is 70.1 cm³/mol. The monoisotopic (exact) mass is 265 g/mol. The quantitative estimate of drug-likeness (QED) is 0.832. The lowest BCUT2D eigenvalue weighted by atomic mass is 10.1. The van der Waals surface area contributed by atoms with Gasteiger partial charge in [0.15, 0.2) is 0 Å². The summed E-state index contributed by atoms with van der Waals surface area (Å²) in [7, 11) is 1.58. The van der Waals surface area contributed by atoms with Gasteiger partial charge < -0.3 is 19.9 Å². The predicted octanol–water partition coefficient (Wildman–Crippen LogP) is 0.504. The molecule has 1 aromatic rings. The minimum absolute atomic E-state index is 0.140. The number of methoxy groups -OCH3 is 1. The van der Waals surface area contributed by atoms with Crippen LogP contribution >= 0.6 is 0 Å². The van der Waals surface area contributed by atoms with Gasteiger partial charge in [-0.3, -0.25) is 4.79 Å². The fourth-order valence-electron chi connectivity index (χ4n) is 2.14. The molecule has 104 valence electrons. The van der Waals surface area contributed by atoms with Crippen LogP contribution in [-0.4, -0.2) is 43.5 Å². The van der Waals surface area contributed by atoms with Crippen LogP contribution in [0.4, 0.5) is 0 Å². The Morgan fingerprint density at radius 3 is 3.05 bits per heavy atom. The van der Waals surface area contributed by atoms with Crippen molar-refractivity contribution in [2.45, 2.75) is 25.0 Å². The summed E-state index contributed by atoms with van der Waals surface area (Å²) < 4.78 is 10.5. The molecule has 1 amide bonds. The minimum atomic E-state index is -0.532. The van der Waals surface area contributed by atoms with Gasteiger partial charge in [-0.05, 0) is 12.5 Å².